The molecular weight excluding hydrogens is 308 g/mol. The summed E-state index contributed by atoms with van der Waals surface area (Å²) in [5, 5.41) is 5.54. The number of benzene rings is 1. The average molecular weight is 330 g/mol. The highest BCUT2D eigenvalue weighted by Gasteiger charge is 2.10. The molecule has 0 unspecified atom stereocenters. The topological polar surface area (TPSA) is 92.3 Å². The Hall–Kier alpha value is -2.90. The van der Waals surface area contributed by atoms with Gasteiger partial charge in [0.15, 0.2) is 5.82 Å². The van der Waals surface area contributed by atoms with Gasteiger partial charge < -0.3 is 20.3 Å². The van der Waals surface area contributed by atoms with Crippen LogP contribution in [-0.4, -0.2) is 42.2 Å². The van der Waals surface area contributed by atoms with Crippen molar-refractivity contribution in [3.63, 3.8) is 0 Å². The number of aryl methyl sites for hydroxylation is 2. The Bertz CT molecular complexity index is 733. The molecule has 2 N–H and O–H groups in total. The van der Waals surface area contributed by atoms with Crippen LogP contribution in [0.15, 0.2) is 18.2 Å². The van der Waals surface area contributed by atoms with E-state index in [1.807, 2.05) is 46.1 Å². The van der Waals surface area contributed by atoms with Crippen molar-refractivity contribution in [2.24, 2.45) is 0 Å². The van der Waals surface area contributed by atoms with E-state index in [4.69, 9.17) is 4.74 Å². The highest BCUT2D eigenvalue weighted by atomic mass is 16.5. The minimum Gasteiger partial charge on any atom is -0.467 e. The number of ether oxygens (including phenoxy) is 1. The summed E-state index contributed by atoms with van der Waals surface area (Å²) >= 11 is 0. The molecule has 0 spiro atoms. The smallest absolute Gasteiger partial charge is 0.321 e. The van der Waals surface area contributed by atoms with Crippen LogP contribution >= 0.6 is 0 Å². The van der Waals surface area contributed by atoms with Gasteiger partial charge in [0.1, 0.15) is 0 Å². The van der Waals surface area contributed by atoms with E-state index in [1.54, 1.807) is 4.90 Å². The number of aromatic nitrogens is 3. The van der Waals surface area contributed by atoms with Crippen LogP contribution in [0.3, 0.4) is 0 Å². The third kappa shape index (κ3) is 4.55. The molecule has 1 heterocycles. The summed E-state index contributed by atoms with van der Waals surface area (Å²) in [6.07, 6.45) is 0. The number of carbonyl (C=O) groups excluding carboxylic acids is 1. The quantitative estimate of drug-likeness (QED) is 0.870. The van der Waals surface area contributed by atoms with Crippen molar-refractivity contribution < 1.29 is 9.53 Å². The Morgan fingerprint density at radius 1 is 1.21 bits per heavy atom. The van der Waals surface area contributed by atoms with Gasteiger partial charge in [-0.25, -0.2) is 4.79 Å². The molecule has 0 saturated carbocycles. The number of urea groups is 1. The average Bonchev–Trinajstić information content (AvgIpc) is 2.55. The molecule has 0 radical (unpaired) electrons. The summed E-state index contributed by atoms with van der Waals surface area (Å²) in [4.78, 5) is 26.3. The molecule has 1 aromatic carbocycles. The Balaban J connectivity index is 2.02. The number of nitrogens with zero attached hydrogens (tertiary/aromatic N) is 4. The van der Waals surface area contributed by atoms with Crippen LogP contribution in [0.5, 0.6) is 6.01 Å². The molecule has 8 nitrogen and oxygen atoms in total. The maximum absolute atomic E-state index is 12.1. The predicted octanol–water partition coefficient (Wildman–Crippen LogP) is 1.88. The first kappa shape index (κ1) is 17.5. The van der Waals surface area contributed by atoms with Crippen LogP contribution in [-0.2, 0) is 6.54 Å². The Kier molecular flexibility index (Phi) is 5.51. The second kappa shape index (κ2) is 7.58. The molecule has 128 valence electrons. The molecule has 2 rings (SSSR count). The van der Waals surface area contributed by atoms with E-state index in [0.29, 0.717) is 11.8 Å². The zero-order valence-electron chi connectivity index (χ0n) is 14.5. The lowest BCUT2D eigenvalue weighted by atomic mass is 10.1. The van der Waals surface area contributed by atoms with E-state index in [0.717, 1.165) is 16.8 Å². The monoisotopic (exact) mass is 330 g/mol. The fraction of sp³-hybridized carbons (Fsp3) is 0.375. The molecule has 0 saturated heterocycles. The van der Waals surface area contributed by atoms with Gasteiger partial charge in [-0.2, -0.15) is 15.0 Å². The molecule has 0 aliphatic heterocycles. The number of carbonyl (C=O) groups is 1. The highest BCUT2D eigenvalue weighted by Crippen LogP contribution is 2.15. The van der Waals surface area contributed by atoms with Crippen molar-refractivity contribution in [1.29, 1.82) is 0 Å². The van der Waals surface area contributed by atoms with Crippen LogP contribution in [0.2, 0.25) is 0 Å². The summed E-state index contributed by atoms with van der Waals surface area (Å²) in [5.41, 5.74) is 2.91. The summed E-state index contributed by atoms with van der Waals surface area (Å²) in [5.74, 6) is 0.884. The second-order valence-electron chi connectivity index (χ2n) is 5.56. The van der Waals surface area contributed by atoms with Gasteiger partial charge in [-0.05, 0) is 25.5 Å². The number of nitrogens with one attached hydrogen (secondary N) is 2. The molecule has 2 aromatic rings. The SMILES string of the molecule is COc1nc(CNC(=O)Nc2ccc(C)cc2C)nc(N(C)C)n1. The van der Waals surface area contributed by atoms with Gasteiger partial charge in [0.05, 0.1) is 13.7 Å². The number of rotatable bonds is 5. The first-order valence-electron chi connectivity index (χ1n) is 7.47. The van der Waals surface area contributed by atoms with Crippen LogP contribution in [0.25, 0.3) is 0 Å². The summed E-state index contributed by atoms with van der Waals surface area (Å²) in [7, 11) is 5.12. The number of hydrogen-bond acceptors (Lipinski definition) is 6. The molecule has 0 atom stereocenters. The minimum absolute atomic E-state index is 0.163. The van der Waals surface area contributed by atoms with Crippen molar-refractivity contribution in [2.75, 3.05) is 31.4 Å². The van der Waals surface area contributed by atoms with Gasteiger partial charge in [0.2, 0.25) is 5.95 Å². The molecule has 0 bridgehead atoms. The van der Waals surface area contributed by atoms with Gasteiger partial charge in [0, 0.05) is 19.8 Å². The van der Waals surface area contributed by atoms with Gasteiger partial charge in [-0.15, -0.1) is 0 Å². The van der Waals surface area contributed by atoms with E-state index in [-0.39, 0.29) is 18.6 Å². The molecule has 2 amide bonds. The van der Waals surface area contributed by atoms with E-state index >= 15 is 0 Å². The second-order valence-corrected chi connectivity index (χ2v) is 5.56. The van der Waals surface area contributed by atoms with Crippen LogP contribution < -0.4 is 20.3 Å². The maximum atomic E-state index is 12.1. The first-order valence-corrected chi connectivity index (χ1v) is 7.47. The summed E-state index contributed by atoms with van der Waals surface area (Å²) < 4.78 is 5.06. The highest BCUT2D eigenvalue weighted by molar-refractivity contribution is 5.90. The van der Waals surface area contributed by atoms with Crippen molar-refractivity contribution in [1.82, 2.24) is 20.3 Å². The standard InChI is InChI=1S/C16H22N6O2/c1-10-6-7-12(11(2)8-10)18-15(23)17-9-13-19-14(22(3)4)21-16(20-13)24-5/h6-8H,9H2,1-5H3,(H2,17,18,23). The third-order valence-electron chi connectivity index (χ3n) is 3.27. The number of anilines is 2. The molecule has 1 aromatic heterocycles. The molecular formula is C16H22N6O2. The van der Waals surface area contributed by atoms with Gasteiger partial charge in [-0.1, -0.05) is 17.7 Å². The molecule has 24 heavy (non-hydrogen) atoms. The number of amides is 2. The van der Waals surface area contributed by atoms with Crippen molar-refractivity contribution >= 4 is 17.7 Å². The van der Waals surface area contributed by atoms with Crippen molar-refractivity contribution in [3.05, 3.63) is 35.2 Å². The lowest BCUT2D eigenvalue weighted by Crippen LogP contribution is -2.29. The normalized spacial score (nSPS) is 10.2. The summed E-state index contributed by atoms with van der Waals surface area (Å²) in [6, 6.07) is 5.71. The lowest BCUT2D eigenvalue weighted by Gasteiger charge is -2.13. The number of hydrogen-bond donors (Lipinski definition) is 2. The van der Waals surface area contributed by atoms with Crippen molar-refractivity contribution in [2.45, 2.75) is 20.4 Å². The zero-order chi connectivity index (χ0) is 17.7. The van der Waals surface area contributed by atoms with Crippen LogP contribution in [0.1, 0.15) is 17.0 Å². The Labute approximate surface area is 141 Å². The third-order valence-corrected chi connectivity index (χ3v) is 3.27. The lowest BCUT2D eigenvalue weighted by molar-refractivity contribution is 0.251. The molecule has 0 aliphatic carbocycles. The largest absolute Gasteiger partial charge is 0.467 e. The maximum Gasteiger partial charge on any atom is 0.321 e. The fourth-order valence-corrected chi connectivity index (χ4v) is 2.04. The summed E-state index contributed by atoms with van der Waals surface area (Å²) in [6.45, 7) is 4.12. The van der Waals surface area contributed by atoms with E-state index in [9.17, 15) is 4.79 Å². The van der Waals surface area contributed by atoms with E-state index in [1.165, 1.54) is 7.11 Å². The molecule has 8 heteroatoms. The van der Waals surface area contributed by atoms with E-state index in [2.05, 4.69) is 25.6 Å². The Morgan fingerprint density at radius 2 is 1.96 bits per heavy atom. The van der Waals surface area contributed by atoms with Crippen molar-refractivity contribution in [3.8, 4) is 6.01 Å². The van der Waals surface area contributed by atoms with Gasteiger partial charge >= 0.3 is 12.0 Å². The molecule has 0 fully saturated rings. The van der Waals surface area contributed by atoms with Crippen LogP contribution in [0, 0.1) is 13.8 Å². The number of methoxy groups -OCH3 is 1. The first-order chi connectivity index (χ1) is 11.4. The zero-order valence-corrected chi connectivity index (χ0v) is 14.5. The van der Waals surface area contributed by atoms with Crippen LogP contribution in [0.4, 0.5) is 16.4 Å². The predicted molar refractivity (Wildman–Crippen MR) is 92.5 cm³/mol. The minimum atomic E-state index is -0.326. The fourth-order valence-electron chi connectivity index (χ4n) is 2.04. The molecule has 0 aliphatic rings. The van der Waals surface area contributed by atoms with E-state index < -0.39 is 0 Å². The Morgan fingerprint density at radius 3 is 2.58 bits per heavy atom. The van der Waals surface area contributed by atoms with Gasteiger partial charge in [-0.3, -0.25) is 0 Å². The van der Waals surface area contributed by atoms with Gasteiger partial charge in [0.25, 0.3) is 0 Å².